The van der Waals surface area contributed by atoms with Gasteiger partial charge in [-0.2, -0.15) is 0 Å². The smallest absolute Gasteiger partial charge is 0.379 e. The van der Waals surface area contributed by atoms with E-state index in [9.17, 15) is 33.9 Å². The zero-order valence-electron chi connectivity index (χ0n) is 51.5. The number of carbonyl (C=O) groups excluding carboxylic acids is 6. The molecule has 2 aromatic carbocycles. The molecule has 2 aliphatic carbocycles. The topological polar surface area (TPSA) is 244 Å². The van der Waals surface area contributed by atoms with Gasteiger partial charge >= 0.3 is 23.9 Å². The molecule has 1 heterocycles. The summed E-state index contributed by atoms with van der Waals surface area (Å²) >= 11 is 0. The van der Waals surface area contributed by atoms with Gasteiger partial charge in [0.25, 0.3) is 12.2 Å². The highest BCUT2D eigenvalue weighted by atomic mass is 16.8. The van der Waals surface area contributed by atoms with E-state index in [1.807, 2.05) is 140 Å². The number of allylic oxidation sites excluding steroid dienone is 20. The monoisotopic (exact) mass is 1190 g/mol. The lowest BCUT2D eigenvalue weighted by molar-refractivity contribution is -0.307. The van der Waals surface area contributed by atoms with Gasteiger partial charge in [0.2, 0.25) is 12.3 Å². The number of unbranched alkanes of at least 4 members (excludes halogenated alkanes) is 1. The van der Waals surface area contributed by atoms with Crippen molar-refractivity contribution >= 4 is 35.4 Å². The summed E-state index contributed by atoms with van der Waals surface area (Å²) < 4.78 is 39.7. The normalized spacial score (nSPS) is 20.7. The third-order valence-electron chi connectivity index (χ3n) is 14.6. The van der Waals surface area contributed by atoms with E-state index in [1.165, 1.54) is 24.3 Å². The molecule has 0 radical (unpaired) electrons. The molecule has 5 rings (SSSR count). The minimum Gasteiger partial charge on any atom is -0.453 e. The van der Waals surface area contributed by atoms with Crippen LogP contribution in [0.1, 0.15) is 122 Å². The standard InChI is InChI=1S/C70H83N3O14/c1-45(26-22-28-47(3)35-37-53-49(5)59(75)57(42-69(53,7)8)83-66(79)55(72)34-20-21-39-71)24-18-19-25-46(2)27-23-29-48(4)36-38-54-50(6)60(76)58(43-70(54,9)10)84-68(81-41-40-73-11)82-44-56(74)61-62(86-64(77)51-30-14-12-15-31-51)63(67(80)85-61)87-65(78)52-32-16-13-17-33-52/h12-19,22-33,35-38,55-58,61,68,74H,20-21,34,39-44,71-72H2,1-10H3/t55?,56-,57?,58?,61+,68?/m0/s1. The highest BCUT2D eigenvalue weighted by molar-refractivity contribution is 6.02. The Bertz CT molecular complexity index is 3250. The summed E-state index contributed by atoms with van der Waals surface area (Å²) in [6.07, 6.45) is 24.9. The first-order chi connectivity index (χ1) is 41.4. The molecule has 0 bridgehead atoms. The fourth-order valence-electron chi connectivity index (χ4n) is 9.71. The van der Waals surface area contributed by atoms with Gasteiger partial charge in [0.05, 0.1) is 17.7 Å². The van der Waals surface area contributed by atoms with Crippen molar-refractivity contribution in [3.05, 3.63) is 224 Å². The number of esters is 4. The first-order valence-corrected chi connectivity index (χ1v) is 29.0. The summed E-state index contributed by atoms with van der Waals surface area (Å²) in [5.74, 6) is -5.43. The number of carbonyl (C=O) groups is 6. The molecule has 0 aromatic heterocycles. The van der Waals surface area contributed by atoms with Crippen molar-refractivity contribution in [1.82, 2.24) is 0 Å². The number of benzene rings is 2. The number of rotatable bonds is 29. The molecule has 17 heteroatoms. The van der Waals surface area contributed by atoms with Crippen molar-refractivity contribution in [1.29, 1.82) is 0 Å². The molecule has 0 saturated heterocycles. The van der Waals surface area contributed by atoms with E-state index in [0.29, 0.717) is 30.5 Å². The van der Waals surface area contributed by atoms with Crippen molar-refractivity contribution in [2.45, 2.75) is 138 Å². The van der Waals surface area contributed by atoms with E-state index < -0.39 is 89.8 Å². The van der Waals surface area contributed by atoms with E-state index in [0.717, 1.165) is 46.3 Å². The van der Waals surface area contributed by atoms with E-state index >= 15 is 0 Å². The first kappa shape index (κ1) is 69.6. The summed E-state index contributed by atoms with van der Waals surface area (Å²) in [5, 5.41) is 11.4. The van der Waals surface area contributed by atoms with E-state index in [1.54, 1.807) is 50.2 Å². The largest absolute Gasteiger partial charge is 0.453 e. The molecule has 87 heavy (non-hydrogen) atoms. The highest BCUT2D eigenvalue weighted by Crippen LogP contribution is 2.42. The van der Waals surface area contributed by atoms with Crippen LogP contribution in [0.5, 0.6) is 0 Å². The summed E-state index contributed by atoms with van der Waals surface area (Å²) in [5.41, 5.74) is 17.6. The Kier molecular flexibility index (Phi) is 26.9. The number of hydrogen-bond donors (Lipinski definition) is 3. The molecule has 3 aliphatic rings. The van der Waals surface area contributed by atoms with Gasteiger partial charge in [-0.25, -0.2) is 21.0 Å². The Morgan fingerprint density at radius 3 is 1.70 bits per heavy atom. The second kappa shape index (κ2) is 33.6. The SMILES string of the molecule is [C-]#[N+]CCOC(OC[C@H](O)[C@H]1OC(=O)C(OC(=O)c2ccccc2)=C1OC(=O)c1ccccc1)OC1CC(C)(C)C(C=CC(C)=CC=CC(C)=CC=CC=C(C)C=CC=C(C)C=CC2=C(C)C(=O)C(OC(=O)C(N)CCCCN)CC2(C)C)=C(C)C1=O. The van der Waals surface area contributed by atoms with Gasteiger partial charge in [-0.1, -0.05) is 178 Å². The number of nitrogens with two attached hydrogens (primary N) is 2. The van der Waals surface area contributed by atoms with Crippen LogP contribution in [-0.4, -0.2) is 104 Å². The Balaban J connectivity index is 1.16. The predicted octanol–water partition coefficient (Wildman–Crippen LogP) is 11.4. The Morgan fingerprint density at radius 1 is 0.701 bits per heavy atom. The van der Waals surface area contributed by atoms with Gasteiger partial charge in [-0.15, -0.1) is 0 Å². The highest BCUT2D eigenvalue weighted by Gasteiger charge is 2.46. The van der Waals surface area contributed by atoms with Crippen molar-refractivity contribution in [3.63, 3.8) is 0 Å². The van der Waals surface area contributed by atoms with Crippen LogP contribution in [0.3, 0.4) is 0 Å². The number of cyclic esters (lactones) is 1. The number of ketones is 2. The summed E-state index contributed by atoms with van der Waals surface area (Å²) in [4.78, 5) is 82.7. The van der Waals surface area contributed by atoms with Crippen LogP contribution in [0.25, 0.3) is 4.85 Å². The molecule has 462 valence electrons. The molecular formula is C70H83N3O14. The predicted molar refractivity (Wildman–Crippen MR) is 332 cm³/mol. The molecule has 6 atom stereocenters. The van der Waals surface area contributed by atoms with E-state index in [4.69, 9.17) is 51.2 Å². The zero-order valence-corrected chi connectivity index (χ0v) is 51.5. The summed E-state index contributed by atoms with van der Waals surface area (Å²) in [6.45, 7) is 24.8. The first-order valence-electron chi connectivity index (χ1n) is 29.0. The van der Waals surface area contributed by atoms with Gasteiger partial charge < -0.3 is 54.6 Å². The Labute approximate surface area is 511 Å². The van der Waals surface area contributed by atoms with Crippen LogP contribution >= 0.6 is 0 Å². The van der Waals surface area contributed by atoms with Gasteiger partial charge in [-0.05, 0) is 125 Å². The zero-order chi connectivity index (χ0) is 63.8. The molecule has 5 N–H and O–H groups in total. The van der Waals surface area contributed by atoms with Crippen LogP contribution in [-0.2, 0) is 52.3 Å². The number of ether oxygens (including phenoxy) is 7. The van der Waals surface area contributed by atoms with Crippen molar-refractivity contribution in [2.24, 2.45) is 22.3 Å². The van der Waals surface area contributed by atoms with Crippen LogP contribution in [0.15, 0.2) is 202 Å². The fraction of sp³-hybridized carbons (Fsp3) is 0.386. The third kappa shape index (κ3) is 21.0. The molecule has 4 unspecified atom stereocenters. The average Bonchev–Trinajstić information content (AvgIpc) is 1.36. The van der Waals surface area contributed by atoms with Gasteiger partial charge in [0.1, 0.15) is 24.9 Å². The number of hydrogen-bond acceptors (Lipinski definition) is 16. The molecule has 2 aromatic rings. The minimum atomic E-state index is -1.75. The maximum absolute atomic E-state index is 14.0. The maximum Gasteiger partial charge on any atom is 0.379 e. The second-order valence-corrected chi connectivity index (χ2v) is 22.8. The van der Waals surface area contributed by atoms with Crippen molar-refractivity contribution < 1.29 is 67.0 Å². The Hall–Kier alpha value is -8.21. The van der Waals surface area contributed by atoms with E-state index in [-0.39, 0.29) is 42.3 Å². The molecule has 0 amide bonds. The number of Topliss-reactive ketones (excluding diaryl/α,β-unsaturated/α-hetero) is 2. The van der Waals surface area contributed by atoms with Crippen molar-refractivity contribution in [3.8, 4) is 0 Å². The third-order valence-corrected chi connectivity index (χ3v) is 14.6. The Morgan fingerprint density at radius 2 is 1.18 bits per heavy atom. The molecule has 0 fully saturated rings. The van der Waals surface area contributed by atoms with Crippen LogP contribution < -0.4 is 11.5 Å². The number of nitrogens with zero attached hydrogens (tertiary/aromatic N) is 1. The summed E-state index contributed by atoms with van der Waals surface area (Å²) in [7, 11) is 0. The lowest BCUT2D eigenvalue weighted by atomic mass is 9.71. The number of aliphatic hydroxyl groups excluding tert-OH is 1. The molecule has 17 nitrogen and oxygen atoms in total. The molecule has 1 aliphatic heterocycles. The minimum absolute atomic E-state index is 0.0701. The maximum atomic E-state index is 14.0. The summed E-state index contributed by atoms with van der Waals surface area (Å²) in [6, 6.07) is 14.8. The number of aliphatic hydroxyl groups is 1. The second-order valence-electron chi connectivity index (χ2n) is 22.8. The average molecular weight is 1190 g/mol. The quantitative estimate of drug-likeness (QED) is 0.0171. The fourth-order valence-corrected chi connectivity index (χ4v) is 9.71. The van der Waals surface area contributed by atoms with E-state index in [2.05, 4.69) is 4.85 Å². The van der Waals surface area contributed by atoms with Gasteiger partial charge in [0.15, 0.2) is 23.8 Å². The molecule has 0 spiro atoms. The van der Waals surface area contributed by atoms with Crippen molar-refractivity contribution in [2.75, 3.05) is 26.3 Å². The molecule has 0 saturated carbocycles. The lowest BCUT2D eigenvalue weighted by Gasteiger charge is -2.37. The van der Waals surface area contributed by atoms with Crippen LogP contribution in [0.2, 0.25) is 0 Å². The lowest BCUT2D eigenvalue weighted by Crippen LogP contribution is -2.42. The van der Waals surface area contributed by atoms with Gasteiger partial charge in [0, 0.05) is 6.42 Å². The van der Waals surface area contributed by atoms with Crippen LogP contribution in [0, 0.1) is 17.4 Å². The molecular weight excluding hydrogens is 1110 g/mol. The van der Waals surface area contributed by atoms with Crippen LogP contribution in [0.4, 0.5) is 0 Å². The van der Waals surface area contributed by atoms with Gasteiger partial charge in [-0.3, -0.25) is 14.4 Å².